The van der Waals surface area contributed by atoms with Crippen molar-refractivity contribution in [3.63, 3.8) is 0 Å². The van der Waals surface area contributed by atoms with Gasteiger partial charge in [0.2, 0.25) is 0 Å². The second-order valence-corrected chi connectivity index (χ2v) is 5.15. The Morgan fingerprint density at radius 3 is 2.59 bits per heavy atom. The average Bonchev–Trinajstić information content (AvgIpc) is 2.77. The summed E-state index contributed by atoms with van der Waals surface area (Å²) in [5.41, 5.74) is 2.98. The summed E-state index contributed by atoms with van der Waals surface area (Å²) in [4.78, 5) is 0. The molecule has 0 fully saturated rings. The Hall–Kier alpha value is -1.04. The summed E-state index contributed by atoms with van der Waals surface area (Å²) >= 11 is 0. The zero-order valence-corrected chi connectivity index (χ0v) is 11.0. The minimum atomic E-state index is 0.692. The highest BCUT2D eigenvalue weighted by atomic mass is 14.2. The summed E-state index contributed by atoms with van der Waals surface area (Å²) in [6.07, 6.45) is 14.4. The lowest BCUT2D eigenvalue weighted by atomic mass is 9.95. The van der Waals surface area contributed by atoms with Gasteiger partial charge in [-0.3, -0.25) is 0 Å². The maximum Gasteiger partial charge on any atom is 0.00272 e. The van der Waals surface area contributed by atoms with E-state index < -0.39 is 0 Å². The van der Waals surface area contributed by atoms with E-state index >= 15 is 0 Å². The predicted octanol–water partition coefficient (Wildman–Crippen LogP) is 5.55. The third-order valence-electron chi connectivity index (χ3n) is 3.77. The molecule has 0 N–H and O–H groups in total. The monoisotopic (exact) mass is 228 g/mol. The molecule has 1 aromatic carbocycles. The second-order valence-electron chi connectivity index (χ2n) is 5.15. The van der Waals surface area contributed by atoms with Crippen LogP contribution in [0, 0.1) is 0 Å². The molecule has 1 atom stereocenters. The Morgan fingerprint density at radius 2 is 1.71 bits per heavy atom. The summed E-state index contributed by atoms with van der Waals surface area (Å²) in [6.45, 7) is 2.28. The fourth-order valence-corrected chi connectivity index (χ4v) is 2.72. The number of allylic oxidation sites excluding steroid dienone is 1. The van der Waals surface area contributed by atoms with Gasteiger partial charge in [-0.25, -0.2) is 0 Å². The van der Waals surface area contributed by atoms with Gasteiger partial charge < -0.3 is 0 Å². The molecule has 92 valence electrons. The van der Waals surface area contributed by atoms with Crippen molar-refractivity contribution in [1.82, 2.24) is 0 Å². The van der Waals surface area contributed by atoms with E-state index in [0.29, 0.717) is 5.92 Å². The van der Waals surface area contributed by atoms with Crippen LogP contribution in [0.5, 0.6) is 0 Å². The van der Waals surface area contributed by atoms with Crippen LogP contribution in [0.2, 0.25) is 0 Å². The van der Waals surface area contributed by atoms with Crippen molar-refractivity contribution in [2.24, 2.45) is 0 Å². The number of benzene rings is 1. The minimum Gasteiger partial charge on any atom is -0.0764 e. The van der Waals surface area contributed by atoms with Crippen molar-refractivity contribution in [3.05, 3.63) is 41.5 Å². The average molecular weight is 228 g/mol. The van der Waals surface area contributed by atoms with E-state index in [9.17, 15) is 0 Å². The Balaban J connectivity index is 1.70. The van der Waals surface area contributed by atoms with Crippen LogP contribution in [0.25, 0.3) is 6.08 Å². The van der Waals surface area contributed by atoms with Crippen molar-refractivity contribution < 1.29 is 0 Å². The maximum atomic E-state index is 2.39. The number of unbranched alkanes of at least 4 members (excludes halogenated alkanes) is 5. The second kappa shape index (κ2) is 6.64. The van der Waals surface area contributed by atoms with E-state index in [4.69, 9.17) is 0 Å². The molecular weight excluding hydrogens is 204 g/mol. The molecule has 0 heterocycles. The van der Waals surface area contributed by atoms with E-state index in [1.54, 1.807) is 5.56 Å². The van der Waals surface area contributed by atoms with Crippen molar-refractivity contribution in [2.75, 3.05) is 0 Å². The fraction of sp³-hybridized carbons (Fsp3) is 0.529. The van der Waals surface area contributed by atoms with Gasteiger partial charge in [0.05, 0.1) is 0 Å². The molecule has 1 aliphatic rings. The third kappa shape index (κ3) is 3.46. The lowest BCUT2D eigenvalue weighted by molar-refractivity contribution is 0.574. The molecule has 0 amide bonds. The standard InChI is InChI=1S/C17H24/c1-2-3-4-5-6-7-10-15-13-14-16-11-8-9-12-17(15)16/h8-9,11-15H,2-7,10H2,1H3. The first-order valence-corrected chi connectivity index (χ1v) is 7.19. The number of hydrogen-bond acceptors (Lipinski definition) is 0. The van der Waals surface area contributed by atoms with Gasteiger partial charge in [-0.2, -0.15) is 0 Å². The highest BCUT2D eigenvalue weighted by Crippen LogP contribution is 2.33. The van der Waals surface area contributed by atoms with E-state index in [1.807, 2.05) is 0 Å². The highest BCUT2D eigenvalue weighted by molar-refractivity contribution is 5.62. The van der Waals surface area contributed by atoms with Gasteiger partial charge in [0, 0.05) is 5.92 Å². The Bertz CT molecular complexity index is 362. The molecule has 0 aromatic heterocycles. The molecule has 0 saturated carbocycles. The molecule has 1 unspecified atom stereocenters. The maximum absolute atomic E-state index is 2.39. The van der Waals surface area contributed by atoms with Crippen molar-refractivity contribution in [2.45, 2.75) is 57.8 Å². The smallest absolute Gasteiger partial charge is 0.00272 e. The zero-order chi connectivity index (χ0) is 11.9. The van der Waals surface area contributed by atoms with Crippen molar-refractivity contribution >= 4 is 6.08 Å². The Kier molecular flexibility index (Phi) is 4.85. The van der Waals surface area contributed by atoms with Crippen molar-refractivity contribution in [3.8, 4) is 0 Å². The normalized spacial score (nSPS) is 17.4. The minimum absolute atomic E-state index is 0.692. The summed E-state index contributed by atoms with van der Waals surface area (Å²) in [7, 11) is 0. The van der Waals surface area contributed by atoms with Gasteiger partial charge in [0.1, 0.15) is 0 Å². The summed E-state index contributed by atoms with van der Waals surface area (Å²) in [5.74, 6) is 0.692. The first-order valence-electron chi connectivity index (χ1n) is 7.19. The van der Waals surface area contributed by atoms with Gasteiger partial charge in [-0.15, -0.1) is 0 Å². The van der Waals surface area contributed by atoms with Gasteiger partial charge in [0.25, 0.3) is 0 Å². The molecule has 0 bridgehead atoms. The molecule has 0 nitrogen and oxygen atoms in total. The number of rotatable bonds is 7. The quantitative estimate of drug-likeness (QED) is 0.537. The van der Waals surface area contributed by atoms with E-state index in [0.717, 1.165) is 0 Å². The van der Waals surface area contributed by atoms with Gasteiger partial charge in [-0.1, -0.05) is 81.9 Å². The van der Waals surface area contributed by atoms with Crippen LogP contribution in [0.15, 0.2) is 30.3 Å². The lowest BCUT2D eigenvalue weighted by Crippen LogP contribution is -1.93. The number of fused-ring (bicyclic) bond motifs is 1. The van der Waals surface area contributed by atoms with Crippen LogP contribution in [-0.4, -0.2) is 0 Å². The Morgan fingerprint density at radius 1 is 0.941 bits per heavy atom. The summed E-state index contributed by atoms with van der Waals surface area (Å²) in [6, 6.07) is 8.82. The molecule has 2 rings (SSSR count). The van der Waals surface area contributed by atoms with Crippen molar-refractivity contribution in [1.29, 1.82) is 0 Å². The molecular formula is C17H24. The first kappa shape index (κ1) is 12.4. The largest absolute Gasteiger partial charge is 0.0764 e. The zero-order valence-electron chi connectivity index (χ0n) is 11.0. The molecule has 0 radical (unpaired) electrons. The summed E-state index contributed by atoms with van der Waals surface area (Å²) < 4.78 is 0. The van der Waals surface area contributed by atoms with Crippen LogP contribution in [0.3, 0.4) is 0 Å². The van der Waals surface area contributed by atoms with Crippen LogP contribution in [0.1, 0.15) is 68.9 Å². The molecule has 0 aliphatic heterocycles. The fourth-order valence-electron chi connectivity index (χ4n) is 2.72. The molecule has 1 aromatic rings. The van der Waals surface area contributed by atoms with Crippen LogP contribution >= 0.6 is 0 Å². The predicted molar refractivity (Wildman–Crippen MR) is 76.2 cm³/mol. The van der Waals surface area contributed by atoms with E-state index in [-0.39, 0.29) is 0 Å². The summed E-state index contributed by atoms with van der Waals surface area (Å²) in [5, 5.41) is 0. The van der Waals surface area contributed by atoms with Crippen LogP contribution in [0.4, 0.5) is 0 Å². The molecule has 1 aliphatic carbocycles. The third-order valence-corrected chi connectivity index (χ3v) is 3.77. The molecule has 0 heteroatoms. The highest BCUT2D eigenvalue weighted by Gasteiger charge is 2.15. The lowest BCUT2D eigenvalue weighted by Gasteiger charge is -2.10. The van der Waals surface area contributed by atoms with Gasteiger partial charge in [-0.05, 0) is 17.5 Å². The van der Waals surface area contributed by atoms with Crippen LogP contribution in [-0.2, 0) is 0 Å². The molecule has 17 heavy (non-hydrogen) atoms. The first-order chi connectivity index (χ1) is 8.42. The van der Waals surface area contributed by atoms with E-state index in [1.165, 1.54) is 50.5 Å². The topological polar surface area (TPSA) is 0 Å². The Labute approximate surface area is 106 Å². The van der Waals surface area contributed by atoms with Gasteiger partial charge in [0.15, 0.2) is 0 Å². The molecule has 0 saturated heterocycles. The molecule has 0 spiro atoms. The van der Waals surface area contributed by atoms with E-state index in [2.05, 4.69) is 43.3 Å². The van der Waals surface area contributed by atoms with Crippen LogP contribution < -0.4 is 0 Å². The number of hydrogen-bond donors (Lipinski definition) is 0. The SMILES string of the molecule is CCCCCCCCC1C=Cc2ccccc21. The van der Waals surface area contributed by atoms with Gasteiger partial charge >= 0.3 is 0 Å².